The van der Waals surface area contributed by atoms with Crippen molar-refractivity contribution in [3.8, 4) is 0 Å². The molecule has 1 fully saturated rings. The monoisotopic (exact) mass is 697 g/mol. The van der Waals surface area contributed by atoms with E-state index in [1.165, 1.54) is 5.52 Å². The second-order valence-electron chi connectivity index (χ2n) is 16.9. The minimum atomic E-state index is -2.17. The van der Waals surface area contributed by atoms with E-state index in [0.717, 1.165) is 10.9 Å². The minimum Gasteiger partial charge on any atom is -0.460 e. The Morgan fingerprint density at radius 2 is 1.30 bits per heavy atom. The van der Waals surface area contributed by atoms with Gasteiger partial charge in [-0.3, -0.25) is 4.79 Å². The van der Waals surface area contributed by atoms with Crippen LogP contribution in [0.3, 0.4) is 0 Å². The number of fused-ring (bicyclic) bond motifs is 1. The molecule has 1 aliphatic rings. The maximum atomic E-state index is 14.4. The van der Waals surface area contributed by atoms with Gasteiger partial charge in [-0.25, -0.2) is 0 Å². The van der Waals surface area contributed by atoms with E-state index in [0.29, 0.717) is 0 Å². The first-order chi connectivity index (χ1) is 19.8. The van der Waals surface area contributed by atoms with Crippen LogP contribution in [0.4, 0.5) is 0 Å². The molecule has 13 heteroatoms. The molecule has 1 aliphatic heterocycles. The molecule has 0 saturated carbocycles. The van der Waals surface area contributed by atoms with Gasteiger partial charge in [-0.1, -0.05) is 37.8 Å². The van der Waals surface area contributed by atoms with Crippen LogP contribution in [0.5, 0.6) is 0 Å². The number of ether oxygens (including phenoxy) is 2. The number of carbonyl (C=O) groups excluding carboxylic acids is 1. The summed E-state index contributed by atoms with van der Waals surface area (Å²) in [5.41, 5.74) is 2.18. The average Bonchev–Trinajstić information content (AvgIpc) is 3.19. The van der Waals surface area contributed by atoms with Gasteiger partial charge >= 0.3 is 5.97 Å². The molecule has 2 aromatic rings. The molecule has 0 spiro atoms. The summed E-state index contributed by atoms with van der Waals surface area (Å²) < 4.78 is 42.0. The van der Waals surface area contributed by atoms with Crippen molar-refractivity contribution in [3.05, 3.63) is 36.0 Å². The maximum absolute atomic E-state index is 14.4. The SMILES string of the molecule is C[Si](C)(C)OCC1OC(O[Si](C)(C)C)C(O[Si](C)(C)C)C(O[Si](C)(C)C)C1C(=O)OCc1cn([Si](C)(C)C)c2ccccc12. The lowest BCUT2D eigenvalue weighted by molar-refractivity contribution is -0.259. The first-order valence-corrected chi connectivity index (χ1v) is 33.0. The molecule has 0 N–H and O–H groups in total. The van der Waals surface area contributed by atoms with Crippen molar-refractivity contribution in [2.45, 2.75) is 129 Å². The molecule has 2 heterocycles. The lowest BCUT2D eigenvalue weighted by Gasteiger charge is -2.50. The number of para-hydroxylation sites is 1. The molecule has 5 unspecified atom stereocenters. The number of carbonyl (C=O) groups is 1. The molecule has 0 aliphatic carbocycles. The summed E-state index contributed by atoms with van der Waals surface area (Å²) in [5, 5.41) is 1.11. The second kappa shape index (κ2) is 13.7. The molecule has 44 heavy (non-hydrogen) atoms. The van der Waals surface area contributed by atoms with Crippen LogP contribution in [0.25, 0.3) is 10.9 Å². The predicted octanol–water partition coefficient (Wildman–Crippen LogP) is 7.85. The quantitative estimate of drug-likeness (QED) is 0.156. The van der Waals surface area contributed by atoms with E-state index in [1.54, 1.807) is 0 Å². The van der Waals surface area contributed by atoms with Crippen LogP contribution in [0.1, 0.15) is 5.56 Å². The maximum Gasteiger partial charge on any atom is 0.314 e. The van der Waals surface area contributed by atoms with Gasteiger partial charge in [0.05, 0.1) is 18.8 Å². The molecule has 5 atom stereocenters. The highest BCUT2D eigenvalue weighted by atomic mass is 28.4. The highest BCUT2D eigenvalue weighted by Crippen LogP contribution is 2.37. The Balaban J connectivity index is 2.06. The summed E-state index contributed by atoms with van der Waals surface area (Å²) in [6.07, 6.45) is -0.243. The van der Waals surface area contributed by atoms with Gasteiger partial charge < -0.3 is 31.4 Å². The first-order valence-electron chi connectivity index (χ1n) is 15.9. The highest BCUT2D eigenvalue weighted by molar-refractivity contribution is 6.75. The number of hydrogen-bond donors (Lipinski definition) is 0. The molecule has 0 radical (unpaired) electrons. The topological polar surface area (TPSA) is 77.4 Å². The van der Waals surface area contributed by atoms with Crippen molar-refractivity contribution >= 4 is 58.4 Å². The Bertz CT molecular complexity index is 1270. The lowest BCUT2D eigenvalue weighted by Crippen LogP contribution is -2.65. The van der Waals surface area contributed by atoms with E-state index in [1.807, 2.05) is 6.07 Å². The molecule has 1 aromatic carbocycles. The molecule has 1 saturated heterocycles. The van der Waals surface area contributed by atoms with Crippen LogP contribution >= 0.6 is 0 Å². The van der Waals surface area contributed by atoms with Crippen LogP contribution in [-0.2, 0) is 38.6 Å². The van der Waals surface area contributed by atoms with E-state index < -0.39 is 72.0 Å². The zero-order chi connectivity index (χ0) is 33.5. The zero-order valence-electron chi connectivity index (χ0n) is 30.0. The summed E-state index contributed by atoms with van der Waals surface area (Å²) in [6.45, 7) is 33.1. The second-order valence-corrected chi connectivity index (χ2v) is 39.7. The molecular weight excluding hydrogens is 639 g/mol. The van der Waals surface area contributed by atoms with E-state index in [-0.39, 0.29) is 19.2 Å². The minimum absolute atomic E-state index is 0.170. The van der Waals surface area contributed by atoms with Gasteiger partial charge in [0.25, 0.3) is 0 Å². The van der Waals surface area contributed by atoms with Crippen LogP contribution < -0.4 is 0 Å². The van der Waals surface area contributed by atoms with Crippen LogP contribution in [0, 0.1) is 5.92 Å². The van der Waals surface area contributed by atoms with Crippen molar-refractivity contribution in [3.63, 3.8) is 0 Å². The summed E-state index contributed by atoms with van der Waals surface area (Å²) >= 11 is 0. The summed E-state index contributed by atoms with van der Waals surface area (Å²) in [4.78, 5) is 14.4. The summed E-state index contributed by atoms with van der Waals surface area (Å²) in [6, 6.07) is 8.35. The van der Waals surface area contributed by atoms with E-state index >= 15 is 0 Å². The lowest BCUT2D eigenvalue weighted by atomic mass is 9.89. The Kier molecular flexibility index (Phi) is 11.7. The van der Waals surface area contributed by atoms with Gasteiger partial charge in [0.2, 0.25) is 0 Å². The van der Waals surface area contributed by atoms with E-state index in [2.05, 4.69) is 127 Å². The fourth-order valence-corrected chi connectivity index (χ4v) is 10.5. The van der Waals surface area contributed by atoms with Crippen LogP contribution in [-0.4, -0.2) is 82.9 Å². The van der Waals surface area contributed by atoms with Crippen molar-refractivity contribution in [2.75, 3.05) is 6.61 Å². The fraction of sp³-hybridized carbons (Fsp3) is 0.710. The van der Waals surface area contributed by atoms with Crippen LogP contribution in [0.15, 0.2) is 30.5 Å². The normalized spacial score (nSPS) is 24.1. The molecule has 1 aromatic heterocycles. The highest BCUT2D eigenvalue weighted by Gasteiger charge is 2.54. The number of nitrogens with zero attached hydrogens (tertiary/aromatic N) is 1. The van der Waals surface area contributed by atoms with Gasteiger partial charge in [0.15, 0.2) is 47.8 Å². The average molecular weight is 698 g/mol. The van der Waals surface area contributed by atoms with Gasteiger partial charge in [-0.2, -0.15) is 0 Å². The Morgan fingerprint density at radius 3 is 1.82 bits per heavy atom. The van der Waals surface area contributed by atoms with Gasteiger partial charge in [0, 0.05) is 22.7 Å². The van der Waals surface area contributed by atoms with Gasteiger partial charge in [0.1, 0.15) is 18.6 Å². The van der Waals surface area contributed by atoms with Crippen molar-refractivity contribution < 1.29 is 32.0 Å². The summed E-state index contributed by atoms with van der Waals surface area (Å²) in [7, 11) is -9.99. The van der Waals surface area contributed by atoms with E-state index in [4.69, 9.17) is 27.2 Å². The predicted molar refractivity (Wildman–Crippen MR) is 193 cm³/mol. The van der Waals surface area contributed by atoms with Crippen LogP contribution in [0.2, 0.25) is 98.2 Å². The smallest absolute Gasteiger partial charge is 0.314 e. The molecule has 8 nitrogen and oxygen atoms in total. The third-order valence-electron chi connectivity index (χ3n) is 6.94. The molecule has 250 valence electrons. The molecule has 0 bridgehead atoms. The number of aromatic nitrogens is 1. The standard InChI is InChI=1S/C31H59NO7Si5/c1-40(2,3)32-20-23(24-18-16-17-19-25(24)32)21-34-30(33)27-26(22-35-41(4,5)6)36-31(39-44(13,14)15)29(38-43(10,11)12)28(27)37-42(7,8)9/h16-20,26-29,31H,21-22H2,1-15H3. The van der Waals surface area contributed by atoms with Gasteiger partial charge in [-0.05, 0) is 84.6 Å². The number of esters is 1. The van der Waals surface area contributed by atoms with Gasteiger partial charge in [-0.15, -0.1) is 0 Å². The first kappa shape index (κ1) is 37.6. The Labute approximate surface area is 271 Å². The summed E-state index contributed by atoms with van der Waals surface area (Å²) in [5.74, 6) is -1.08. The number of rotatable bonds is 13. The Morgan fingerprint density at radius 1 is 0.750 bits per heavy atom. The van der Waals surface area contributed by atoms with E-state index in [9.17, 15) is 4.79 Å². The molecule has 0 amide bonds. The molecule has 3 rings (SSSR count). The fourth-order valence-electron chi connectivity index (χ4n) is 5.35. The van der Waals surface area contributed by atoms with Crippen molar-refractivity contribution in [2.24, 2.45) is 5.92 Å². The van der Waals surface area contributed by atoms with Crippen molar-refractivity contribution in [1.82, 2.24) is 4.23 Å². The largest absolute Gasteiger partial charge is 0.460 e. The number of hydrogen-bond acceptors (Lipinski definition) is 7. The number of benzene rings is 1. The molecular formula is C31H59NO7Si5. The Hall–Kier alpha value is -0.886. The van der Waals surface area contributed by atoms with Crippen molar-refractivity contribution in [1.29, 1.82) is 0 Å². The third kappa shape index (κ3) is 10.8. The third-order valence-corrected chi connectivity index (χ3v) is 12.7. The zero-order valence-corrected chi connectivity index (χ0v) is 35.0.